The summed E-state index contributed by atoms with van der Waals surface area (Å²) in [6.45, 7) is 1.63. The molecule has 3 nitrogen and oxygen atoms in total. The fraction of sp³-hybridized carbons (Fsp3) is 0.875. The molecule has 1 fully saturated rings. The number of carbonyl (C=O) groups excluding carboxylic acids is 1. The van der Waals surface area contributed by atoms with Crippen LogP contribution in [0, 0.1) is 0 Å². The lowest BCUT2D eigenvalue weighted by Crippen LogP contribution is -2.40. The highest BCUT2D eigenvalue weighted by atomic mass is 19.4. The zero-order valence-corrected chi connectivity index (χ0v) is 7.64. The van der Waals surface area contributed by atoms with E-state index >= 15 is 0 Å². The molecule has 0 aromatic carbocycles. The first kappa shape index (κ1) is 11.3. The Balaban J connectivity index is 2.27. The van der Waals surface area contributed by atoms with Crippen molar-refractivity contribution < 1.29 is 22.7 Å². The van der Waals surface area contributed by atoms with Gasteiger partial charge in [0.2, 0.25) is 5.91 Å². The van der Waals surface area contributed by atoms with E-state index < -0.39 is 24.9 Å². The van der Waals surface area contributed by atoms with Gasteiger partial charge in [0.25, 0.3) is 0 Å². The van der Waals surface area contributed by atoms with Crippen LogP contribution >= 0.6 is 0 Å². The zero-order chi connectivity index (χ0) is 10.6. The van der Waals surface area contributed by atoms with Gasteiger partial charge in [0, 0.05) is 19.5 Å². The van der Waals surface area contributed by atoms with Crippen LogP contribution in [0.2, 0.25) is 0 Å². The lowest BCUT2D eigenvalue weighted by atomic mass is 10.2. The summed E-state index contributed by atoms with van der Waals surface area (Å²) >= 11 is 0. The molecule has 0 aromatic rings. The van der Waals surface area contributed by atoms with Crippen molar-refractivity contribution in [2.24, 2.45) is 0 Å². The van der Waals surface area contributed by atoms with Crippen molar-refractivity contribution in [1.29, 1.82) is 0 Å². The summed E-state index contributed by atoms with van der Waals surface area (Å²) in [7, 11) is 0. The predicted octanol–water partition coefficient (Wildman–Crippen LogP) is 1.19. The lowest BCUT2D eigenvalue weighted by Gasteiger charge is -2.26. The molecular weight excluding hydrogens is 199 g/mol. The van der Waals surface area contributed by atoms with Gasteiger partial charge in [-0.1, -0.05) is 0 Å². The predicted molar refractivity (Wildman–Crippen MR) is 42.7 cm³/mol. The molecule has 0 saturated carbocycles. The number of alkyl halides is 3. The van der Waals surface area contributed by atoms with Gasteiger partial charge in [0.05, 0.1) is 19.6 Å². The maximum absolute atomic E-state index is 11.8. The first-order valence-electron chi connectivity index (χ1n) is 4.41. The zero-order valence-electron chi connectivity index (χ0n) is 7.64. The van der Waals surface area contributed by atoms with Crippen molar-refractivity contribution in [2.45, 2.75) is 19.0 Å². The van der Waals surface area contributed by atoms with E-state index in [1.54, 1.807) is 0 Å². The van der Waals surface area contributed by atoms with Crippen molar-refractivity contribution in [1.82, 2.24) is 4.90 Å². The second-order valence-corrected chi connectivity index (χ2v) is 3.11. The standard InChI is InChI=1S/C8H12F3NO2/c9-8(10,11)2-1-7(13)12-3-5-14-6-4-12/h1-6H2. The van der Waals surface area contributed by atoms with Crippen LogP contribution < -0.4 is 0 Å². The number of rotatable bonds is 2. The number of morpholine rings is 1. The molecule has 1 aliphatic rings. The van der Waals surface area contributed by atoms with Gasteiger partial charge in [0.1, 0.15) is 0 Å². The molecule has 0 bridgehead atoms. The molecule has 14 heavy (non-hydrogen) atoms. The Bertz CT molecular complexity index is 199. The van der Waals surface area contributed by atoms with E-state index in [9.17, 15) is 18.0 Å². The van der Waals surface area contributed by atoms with E-state index in [1.807, 2.05) is 0 Å². The summed E-state index contributed by atoms with van der Waals surface area (Å²) in [6, 6.07) is 0. The van der Waals surface area contributed by atoms with Gasteiger partial charge in [-0.15, -0.1) is 0 Å². The van der Waals surface area contributed by atoms with E-state index in [0.717, 1.165) is 0 Å². The van der Waals surface area contributed by atoms with Gasteiger partial charge in [-0.25, -0.2) is 0 Å². The van der Waals surface area contributed by atoms with Crippen LogP contribution in [0.3, 0.4) is 0 Å². The van der Waals surface area contributed by atoms with Gasteiger partial charge in [0.15, 0.2) is 0 Å². The van der Waals surface area contributed by atoms with E-state index in [0.29, 0.717) is 26.3 Å². The monoisotopic (exact) mass is 211 g/mol. The van der Waals surface area contributed by atoms with Gasteiger partial charge >= 0.3 is 6.18 Å². The number of hydrogen-bond donors (Lipinski definition) is 0. The van der Waals surface area contributed by atoms with Crippen LogP contribution in [0.5, 0.6) is 0 Å². The number of carbonyl (C=O) groups is 1. The first-order valence-corrected chi connectivity index (χ1v) is 4.41. The third-order valence-electron chi connectivity index (χ3n) is 1.99. The second kappa shape index (κ2) is 4.63. The molecule has 1 amide bonds. The largest absolute Gasteiger partial charge is 0.389 e. The summed E-state index contributed by atoms with van der Waals surface area (Å²) in [5.74, 6) is -0.439. The van der Waals surface area contributed by atoms with E-state index in [4.69, 9.17) is 4.74 Å². The Kier molecular flexibility index (Phi) is 3.74. The lowest BCUT2D eigenvalue weighted by molar-refractivity contribution is -0.151. The Hall–Kier alpha value is -0.780. The van der Waals surface area contributed by atoms with Crippen molar-refractivity contribution in [3.8, 4) is 0 Å². The highest BCUT2D eigenvalue weighted by Gasteiger charge is 2.29. The highest BCUT2D eigenvalue weighted by molar-refractivity contribution is 5.76. The minimum absolute atomic E-state index is 0.399. The number of hydrogen-bond acceptors (Lipinski definition) is 2. The third-order valence-corrected chi connectivity index (χ3v) is 1.99. The van der Waals surface area contributed by atoms with Crippen molar-refractivity contribution in [3.63, 3.8) is 0 Å². The van der Waals surface area contributed by atoms with Crippen molar-refractivity contribution in [2.75, 3.05) is 26.3 Å². The number of nitrogens with zero attached hydrogens (tertiary/aromatic N) is 1. The SMILES string of the molecule is O=C(CCC(F)(F)F)N1CCOCC1. The van der Waals surface area contributed by atoms with Gasteiger partial charge in [-0.05, 0) is 0 Å². The molecule has 0 aromatic heterocycles. The molecule has 1 rings (SSSR count). The van der Waals surface area contributed by atoms with Crippen LogP contribution in [-0.2, 0) is 9.53 Å². The summed E-state index contributed by atoms with van der Waals surface area (Å²) < 4.78 is 40.3. The molecule has 0 N–H and O–H groups in total. The molecule has 1 saturated heterocycles. The molecule has 1 aliphatic heterocycles. The Morgan fingerprint density at radius 3 is 2.36 bits per heavy atom. The molecule has 0 aliphatic carbocycles. The van der Waals surface area contributed by atoms with Crippen LogP contribution in [0.15, 0.2) is 0 Å². The normalized spacial score (nSPS) is 18.4. The van der Waals surface area contributed by atoms with Crippen LogP contribution in [0.1, 0.15) is 12.8 Å². The van der Waals surface area contributed by atoms with E-state index in [1.165, 1.54) is 4.90 Å². The van der Waals surface area contributed by atoms with Crippen LogP contribution in [0.4, 0.5) is 13.2 Å². The van der Waals surface area contributed by atoms with E-state index in [2.05, 4.69) is 0 Å². The third kappa shape index (κ3) is 3.95. The minimum Gasteiger partial charge on any atom is -0.378 e. The fourth-order valence-corrected chi connectivity index (χ4v) is 1.22. The van der Waals surface area contributed by atoms with Gasteiger partial charge < -0.3 is 9.64 Å². The number of amides is 1. The summed E-state index contributed by atoms with van der Waals surface area (Å²) in [6.07, 6.45) is -5.74. The molecule has 0 unspecified atom stereocenters. The van der Waals surface area contributed by atoms with Crippen LogP contribution in [0.25, 0.3) is 0 Å². The molecule has 0 radical (unpaired) electrons. The molecule has 6 heteroatoms. The Labute approximate surface area is 79.8 Å². The number of halogens is 3. The highest BCUT2D eigenvalue weighted by Crippen LogP contribution is 2.21. The topological polar surface area (TPSA) is 29.5 Å². The smallest absolute Gasteiger partial charge is 0.378 e. The van der Waals surface area contributed by atoms with Crippen molar-refractivity contribution >= 4 is 5.91 Å². The fourth-order valence-electron chi connectivity index (χ4n) is 1.22. The molecule has 0 atom stereocenters. The maximum atomic E-state index is 11.8. The summed E-state index contributed by atoms with van der Waals surface area (Å²) in [4.78, 5) is 12.6. The number of ether oxygens (including phenoxy) is 1. The average Bonchev–Trinajstić information content (AvgIpc) is 2.14. The molecule has 0 spiro atoms. The quantitative estimate of drug-likeness (QED) is 0.686. The van der Waals surface area contributed by atoms with Gasteiger partial charge in [-0.2, -0.15) is 13.2 Å². The summed E-state index contributed by atoms with van der Waals surface area (Å²) in [5, 5.41) is 0. The first-order chi connectivity index (χ1) is 6.49. The van der Waals surface area contributed by atoms with Crippen molar-refractivity contribution in [3.05, 3.63) is 0 Å². The second-order valence-electron chi connectivity index (χ2n) is 3.11. The Morgan fingerprint density at radius 1 is 1.29 bits per heavy atom. The van der Waals surface area contributed by atoms with Crippen LogP contribution in [-0.4, -0.2) is 43.3 Å². The van der Waals surface area contributed by atoms with Gasteiger partial charge in [-0.3, -0.25) is 4.79 Å². The van der Waals surface area contributed by atoms with E-state index in [-0.39, 0.29) is 0 Å². The summed E-state index contributed by atoms with van der Waals surface area (Å²) in [5.41, 5.74) is 0. The molecular formula is C8H12F3NO2. The molecule has 82 valence electrons. The molecule has 1 heterocycles. The maximum Gasteiger partial charge on any atom is 0.389 e. The Morgan fingerprint density at radius 2 is 1.86 bits per heavy atom. The average molecular weight is 211 g/mol. The minimum atomic E-state index is -4.25.